The lowest BCUT2D eigenvalue weighted by Gasteiger charge is -2.10. The number of esters is 1. The molecule has 134 valence electrons. The fraction of sp³-hybridized carbons (Fsp3) is 0.100. The monoisotopic (exact) mass is 360 g/mol. The lowest BCUT2D eigenvalue weighted by atomic mass is 10.1. The number of carbonyl (C=O) groups excluding carboxylic acids is 1. The van der Waals surface area contributed by atoms with Gasteiger partial charge in [0.15, 0.2) is 0 Å². The molecule has 0 saturated heterocycles. The van der Waals surface area contributed by atoms with E-state index >= 15 is 0 Å². The van der Waals surface area contributed by atoms with E-state index in [4.69, 9.17) is 4.74 Å². The summed E-state index contributed by atoms with van der Waals surface area (Å²) in [6, 6.07) is 12.8. The van der Waals surface area contributed by atoms with Crippen LogP contribution in [-0.2, 0) is 4.74 Å². The number of nitrogens with zero attached hydrogens (tertiary/aromatic N) is 4. The molecule has 0 bridgehead atoms. The molecule has 3 heterocycles. The first-order valence-electron chi connectivity index (χ1n) is 8.30. The predicted molar refractivity (Wildman–Crippen MR) is 99.7 cm³/mol. The molecule has 0 saturated carbocycles. The molecule has 0 N–H and O–H groups in total. The lowest BCUT2D eigenvalue weighted by Crippen LogP contribution is -2.15. The van der Waals surface area contributed by atoms with Gasteiger partial charge in [-0.15, -0.1) is 0 Å². The minimum Gasteiger partial charge on any atom is -0.465 e. The van der Waals surface area contributed by atoms with E-state index in [1.54, 1.807) is 41.4 Å². The molecule has 0 atom stereocenters. The molecule has 7 nitrogen and oxygen atoms in total. The average Bonchev–Trinajstić information content (AvgIpc) is 3.04. The third kappa shape index (κ3) is 2.89. The molecule has 0 unspecified atom stereocenters. The molecule has 4 rings (SSSR count). The Bertz CT molecular complexity index is 1160. The zero-order chi connectivity index (χ0) is 19.0. The van der Waals surface area contributed by atoms with Crippen LogP contribution in [0.3, 0.4) is 0 Å². The molecular weight excluding hydrogens is 344 g/mol. The smallest absolute Gasteiger partial charge is 0.341 e. The standard InChI is InChI=1S/C20H16N4O3/c1-13-6-5-7-14(10-13)24-19(25)15-11-23(17-8-3-4-9-21-17)12-16(18(15)22-24)20(26)27-2/h3-12H,1-2H3. The maximum atomic E-state index is 13.0. The summed E-state index contributed by atoms with van der Waals surface area (Å²) in [6.07, 6.45) is 4.84. The van der Waals surface area contributed by atoms with E-state index in [9.17, 15) is 9.59 Å². The van der Waals surface area contributed by atoms with Crippen LogP contribution in [0.2, 0.25) is 0 Å². The van der Waals surface area contributed by atoms with Crippen molar-refractivity contribution in [2.75, 3.05) is 7.11 Å². The summed E-state index contributed by atoms with van der Waals surface area (Å²) in [7, 11) is 1.29. The van der Waals surface area contributed by atoms with Crippen LogP contribution >= 0.6 is 0 Å². The van der Waals surface area contributed by atoms with Crippen LogP contribution in [-0.4, -0.2) is 32.4 Å². The molecule has 7 heteroatoms. The van der Waals surface area contributed by atoms with Gasteiger partial charge in [-0.1, -0.05) is 18.2 Å². The van der Waals surface area contributed by atoms with Crippen LogP contribution in [0.25, 0.3) is 22.8 Å². The van der Waals surface area contributed by atoms with Gasteiger partial charge in [0, 0.05) is 18.6 Å². The first-order valence-corrected chi connectivity index (χ1v) is 8.30. The first kappa shape index (κ1) is 16.7. The first-order chi connectivity index (χ1) is 13.1. The molecule has 27 heavy (non-hydrogen) atoms. The summed E-state index contributed by atoms with van der Waals surface area (Å²) in [6.45, 7) is 1.94. The molecule has 0 amide bonds. The number of benzene rings is 1. The second kappa shape index (κ2) is 6.53. The maximum Gasteiger partial charge on any atom is 0.341 e. The third-order valence-electron chi connectivity index (χ3n) is 4.23. The van der Waals surface area contributed by atoms with E-state index in [0.717, 1.165) is 5.56 Å². The summed E-state index contributed by atoms with van der Waals surface area (Å²) in [5.74, 6) is 0.00596. The van der Waals surface area contributed by atoms with Crippen molar-refractivity contribution in [1.29, 1.82) is 0 Å². The molecular formula is C20H16N4O3. The van der Waals surface area contributed by atoms with Gasteiger partial charge in [-0.25, -0.2) is 9.78 Å². The molecule has 2 aliphatic rings. The summed E-state index contributed by atoms with van der Waals surface area (Å²) in [4.78, 5) is 29.6. The Morgan fingerprint density at radius 1 is 1.11 bits per heavy atom. The van der Waals surface area contributed by atoms with Crippen molar-refractivity contribution in [1.82, 2.24) is 19.3 Å². The Hall–Kier alpha value is -3.74. The highest BCUT2D eigenvalue weighted by Crippen LogP contribution is 2.24. The number of aromatic nitrogens is 4. The number of methoxy groups -OCH3 is 1. The summed E-state index contributed by atoms with van der Waals surface area (Å²) in [5.41, 5.74) is 2.13. The van der Waals surface area contributed by atoms with Gasteiger partial charge in [0.1, 0.15) is 17.1 Å². The van der Waals surface area contributed by atoms with Gasteiger partial charge < -0.3 is 9.30 Å². The molecule has 1 aromatic heterocycles. The Morgan fingerprint density at radius 2 is 1.96 bits per heavy atom. The van der Waals surface area contributed by atoms with Crippen molar-refractivity contribution in [3.8, 4) is 22.8 Å². The van der Waals surface area contributed by atoms with Crippen LogP contribution in [0.15, 0.2) is 65.8 Å². The number of ether oxygens (including phenoxy) is 1. The second-order valence-corrected chi connectivity index (χ2v) is 6.08. The predicted octanol–water partition coefficient (Wildman–Crippen LogP) is 2.62. The highest BCUT2D eigenvalue weighted by molar-refractivity contribution is 5.96. The fourth-order valence-corrected chi connectivity index (χ4v) is 2.94. The highest BCUT2D eigenvalue weighted by Gasteiger charge is 2.25. The van der Waals surface area contributed by atoms with E-state index in [2.05, 4.69) is 10.1 Å². The van der Waals surface area contributed by atoms with Crippen LogP contribution in [0.5, 0.6) is 0 Å². The summed E-state index contributed by atoms with van der Waals surface area (Å²) < 4.78 is 7.81. The number of aryl methyl sites for hydroxylation is 1. The van der Waals surface area contributed by atoms with Gasteiger partial charge in [-0.3, -0.25) is 4.79 Å². The molecule has 0 aliphatic carbocycles. The van der Waals surface area contributed by atoms with Gasteiger partial charge >= 0.3 is 5.97 Å². The van der Waals surface area contributed by atoms with Gasteiger partial charge in [-0.2, -0.15) is 9.78 Å². The number of hydrogen-bond donors (Lipinski definition) is 0. The summed E-state index contributed by atoms with van der Waals surface area (Å²) >= 11 is 0. The maximum absolute atomic E-state index is 13.0. The lowest BCUT2D eigenvalue weighted by molar-refractivity contribution is 0.0600. The number of rotatable bonds is 3. The quantitative estimate of drug-likeness (QED) is 0.525. The molecule has 0 spiro atoms. The minimum absolute atomic E-state index is 0.198. The van der Waals surface area contributed by atoms with E-state index in [-0.39, 0.29) is 11.1 Å². The van der Waals surface area contributed by atoms with Crippen LogP contribution in [0.1, 0.15) is 15.9 Å². The SMILES string of the molecule is COC(=O)c1cn(-c2ccccn2)cc2c(=O)n(-c3cccc(C)c3)nc1-2. The van der Waals surface area contributed by atoms with Crippen molar-refractivity contribution in [2.45, 2.75) is 6.92 Å². The zero-order valence-corrected chi connectivity index (χ0v) is 14.8. The Balaban J connectivity index is 2.01. The van der Waals surface area contributed by atoms with Crippen LogP contribution in [0.4, 0.5) is 0 Å². The Labute approximate surface area is 154 Å². The van der Waals surface area contributed by atoms with Gasteiger partial charge in [0.05, 0.1) is 18.4 Å². The summed E-state index contributed by atoms with van der Waals surface area (Å²) in [5, 5.41) is 4.40. The van der Waals surface area contributed by atoms with Gasteiger partial charge in [-0.05, 0) is 36.8 Å². The fourth-order valence-electron chi connectivity index (χ4n) is 2.94. The molecule has 0 fully saturated rings. The number of pyridine rings is 2. The molecule has 2 aliphatic heterocycles. The van der Waals surface area contributed by atoms with Gasteiger partial charge in [0.2, 0.25) is 0 Å². The van der Waals surface area contributed by atoms with E-state index in [1.807, 2.05) is 31.2 Å². The molecule has 2 aromatic rings. The largest absolute Gasteiger partial charge is 0.465 e. The highest BCUT2D eigenvalue weighted by atomic mass is 16.5. The topological polar surface area (TPSA) is 79.0 Å². The van der Waals surface area contributed by atoms with Gasteiger partial charge in [0.25, 0.3) is 5.56 Å². The van der Waals surface area contributed by atoms with Crippen molar-refractivity contribution in [3.63, 3.8) is 0 Å². The minimum atomic E-state index is -0.570. The van der Waals surface area contributed by atoms with E-state index < -0.39 is 5.97 Å². The van der Waals surface area contributed by atoms with Crippen molar-refractivity contribution in [3.05, 3.63) is 82.5 Å². The van der Waals surface area contributed by atoms with Crippen molar-refractivity contribution >= 4 is 5.97 Å². The van der Waals surface area contributed by atoms with Crippen molar-refractivity contribution < 1.29 is 9.53 Å². The van der Waals surface area contributed by atoms with E-state index in [1.165, 1.54) is 11.8 Å². The average molecular weight is 360 g/mol. The number of fused-ring (bicyclic) bond motifs is 1. The third-order valence-corrected chi connectivity index (χ3v) is 4.23. The Morgan fingerprint density at radius 3 is 2.67 bits per heavy atom. The number of hydrogen-bond acceptors (Lipinski definition) is 5. The second-order valence-electron chi connectivity index (χ2n) is 6.08. The van der Waals surface area contributed by atoms with E-state index in [0.29, 0.717) is 22.8 Å². The normalized spacial score (nSPS) is 10.9. The molecule has 1 aromatic carbocycles. The van der Waals surface area contributed by atoms with Crippen LogP contribution in [0, 0.1) is 6.92 Å². The van der Waals surface area contributed by atoms with Crippen LogP contribution < -0.4 is 5.56 Å². The molecule has 0 radical (unpaired) electrons. The Kier molecular flexibility index (Phi) is 4.04. The number of carbonyl (C=O) groups is 1. The zero-order valence-electron chi connectivity index (χ0n) is 14.8. The van der Waals surface area contributed by atoms with Crippen molar-refractivity contribution in [2.24, 2.45) is 0 Å².